The number of nitrogens with one attached hydrogen (secondary N) is 2. The Bertz CT molecular complexity index is 1080. The van der Waals surface area contributed by atoms with Crippen LogP contribution in [0.15, 0.2) is 30.6 Å². The van der Waals surface area contributed by atoms with Gasteiger partial charge >= 0.3 is 10.2 Å². The van der Waals surface area contributed by atoms with Gasteiger partial charge in [0.25, 0.3) is 0 Å². The SMILES string of the molecule is Cc1ccc(CN2Cc3cc(Cl)c4c(Cl)c[nH]c4c3NS2(=O)=O)cn1. The quantitative estimate of drug-likeness (QED) is 0.690. The Morgan fingerprint density at radius 1 is 1.28 bits per heavy atom. The van der Waals surface area contributed by atoms with Crippen molar-refractivity contribution in [3.63, 3.8) is 0 Å². The van der Waals surface area contributed by atoms with Gasteiger partial charge in [-0.15, -0.1) is 0 Å². The van der Waals surface area contributed by atoms with E-state index < -0.39 is 10.2 Å². The zero-order chi connectivity index (χ0) is 17.8. The Kier molecular flexibility index (Phi) is 3.92. The van der Waals surface area contributed by atoms with E-state index in [0.717, 1.165) is 16.8 Å². The van der Waals surface area contributed by atoms with Gasteiger partial charge in [-0.05, 0) is 30.2 Å². The molecular formula is C16H14Cl2N4O2S. The summed E-state index contributed by atoms with van der Waals surface area (Å²) in [5.74, 6) is 0. The first-order valence-corrected chi connectivity index (χ1v) is 9.72. The van der Waals surface area contributed by atoms with Crippen molar-refractivity contribution < 1.29 is 8.42 Å². The van der Waals surface area contributed by atoms with Crippen LogP contribution in [0.2, 0.25) is 10.0 Å². The molecule has 0 amide bonds. The van der Waals surface area contributed by atoms with E-state index in [1.807, 2.05) is 19.1 Å². The summed E-state index contributed by atoms with van der Waals surface area (Å²) in [4.78, 5) is 7.21. The zero-order valence-electron chi connectivity index (χ0n) is 13.2. The molecule has 0 aliphatic carbocycles. The molecule has 0 saturated carbocycles. The molecule has 1 aliphatic heterocycles. The third-order valence-electron chi connectivity index (χ3n) is 4.19. The van der Waals surface area contributed by atoms with E-state index in [1.165, 1.54) is 4.31 Å². The Labute approximate surface area is 155 Å². The highest BCUT2D eigenvalue weighted by atomic mass is 35.5. The Morgan fingerprint density at radius 3 is 2.80 bits per heavy atom. The van der Waals surface area contributed by atoms with Crippen LogP contribution in [0, 0.1) is 6.92 Å². The molecule has 0 bridgehead atoms. The second kappa shape index (κ2) is 5.88. The first kappa shape index (κ1) is 16.7. The number of hydrogen-bond donors (Lipinski definition) is 2. The van der Waals surface area contributed by atoms with E-state index in [1.54, 1.807) is 18.5 Å². The van der Waals surface area contributed by atoms with Gasteiger partial charge in [-0.3, -0.25) is 9.71 Å². The maximum absolute atomic E-state index is 12.7. The van der Waals surface area contributed by atoms with Gasteiger partial charge in [-0.1, -0.05) is 29.3 Å². The number of benzene rings is 1. The van der Waals surface area contributed by atoms with Gasteiger partial charge < -0.3 is 4.98 Å². The molecule has 0 atom stereocenters. The average Bonchev–Trinajstić information content (AvgIpc) is 2.94. The fourth-order valence-corrected chi connectivity index (χ4v) is 4.81. The maximum atomic E-state index is 12.7. The third kappa shape index (κ3) is 2.87. The van der Waals surface area contributed by atoms with Crippen LogP contribution < -0.4 is 4.72 Å². The highest BCUT2D eigenvalue weighted by molar-refractivity contribution is 7.90. The normalized spacial score (nSPS) is 16.6. The largest absolute Gasteiger partial charge is 0.358 e. The summed E-state index contributed by atoms with van der Waals surface area (Å²) in [6, 6.07) is 5.48. The molecule has 130 valence electrons. The van der Waals surface area contributed by atoms with Crippen molar-refractivity contribution in [2.24, 2.45) is 0 Å². The molecule has 1 aromatic carbocycles. The predicted molar refractivity (Wildman–Crippen MR) is 99.1 cm³/mol. The number of nitrogens with zero attached hydrogens (tertiary/aromatic N) is 2. The molecule has 0 spiro atoms. The topological polar surface area (TPSA) is 78.1 Å². The Balaban J connectivity index is 1.76. The molecule has 0 saturated heterocycles. The Hall–Kier alpha value is -1.80. The van der Waals surface area contributed by atoms with Crippen molar-refractivity contribution in [2.75, 3.05) is 4.72 Å². The second-order valence-corrected chi connectivity index (χ2v) is 8.45. The number of aryl methyl sites for hydroxylation is 1. The summed E-state index contributed by atoms with van der Waals surface area (Å²) < 4.78 is 29.3. The van der Waals surface area contributed by atoms with Crippen molar-refractivity contribution in [3.05, 3.63) is 57.5 Å². The standard InChI is InChI=1S/C16H14Cl2N4O2S/c1-9-2-3-10(5-19-9)7-22-8-11-4-12(17)14-13(18)6-20-16(14)15(11)21-25(22,23)24/h2-6,20-21H,7-8H2,1H3. The lowest BCUT2D eigenvalue weighted by Crippen LogP contribution is -2.39. The van der Waals surface area contributed by atoms with Crippen LogP contribution in [0.1, 0.15) is 16.8 Å². The van der Waals surface area contributed by atoms with Crippen LogP contribution in [-0.2, 0) is 23.3 Å². The van der Waals surface area contributed by atoms with E-state index in [9.17, 15) is 8.42 Å². The number of H-pyrrole nitrogens is 1. The van der Waals surface area contributed by atoms with Crippen LogP contribution in [0.5, 0.6) is 0 Å². The molecule has 3 heterocycles. The molecular weight excluding hydrogens is 383 g/mol. The number of aromatic nitrogens is 2. The molecule has 25 heavy (non-hydrogen) atoms. The van der Waals surface area contributed by atoms with Crippen molar-refractivity contribution in [3.8, 4) is 0 Å². The summed E-state index contributed by atoms with van der Waals surface area (Å²) in [6.45, 7) is 2.32. The van der Waals surface area contributed by atoms with Crippen molar-refractivity contribution >= 4 is 50.0 Å². The highest BCUT2D eigenvalue weighted by Gasteiger charge is 2.31. The number of anilines is 1. The van der Waals surface area contributed by atoms with Crippen molar-refractivity contribution in [1.29, 1.82) is 0 Å². The Morgan fingerprint density at radius 2 is 2.08 bits per heavy atom. The minimum absolute atomic E-state index is 0.213. The lowest BCUT2D eigenvalue weighted by atomic mass is 10.1. The minimum Gasteiger partial charge on any atom is -0.358 e. The molecule has 9 heteroatoms. The number of fused-ring (bicyclic) bond motifs is 3. The number of rotatable bonds is 2. The van der Waals surface area contributed by atoms with Gasteiger partial charge in [-0.2, -0.15) is 12.7 Å². The number of aromatic amines is 1. The van der Waals surface area contributed by atoms with Gasteiger partial charge in [-0.25, -0.2) is 0 Å². The third-order valence-corrected chi connectivity index (χ3v) is 6.19. The van der Waals surface area contributed by atoms with Crippen LogP contribution in [0.4, 0.5) is 5.69 Å². The molecule has 0 radical (unpaired) electrons. The predicted octanol–water partition coefficient (Wildman–Crippen LogP) is 3.85. The number of pyridine rings is 1. The molecule has 0 fully saturated rings. The molecule has 3 aromatic rings. The first-order valence-electron chi connectivity index (χ1n) is 7.52. The molecule has 2 aromatic heterocycles. The van der Waals surface area contributed by atoms with Gasteiger partial charge in [0.1, 0.15) is 0 Å². The lowest BCUT2D eigenvalue weighted by Gasteiger charge is -2.29. The molecule has 2 N–H and O–H groups in total. The molecule has 0 unspecified atom stereocenters. The molecule has 6 nitrogen and oxygen atoms in total. The number of hydrogen-bond acceptors (Lipinski definition) is 3. The summed E-state index contributed by atoms with van der Waals surface area (Å²) in [5.41, 5.74) is 3.56. The van der Waals surface area contributed by atoms with Gasteiger partial charge in [0.15, 0.2) is 0 Å². The van der Waals surface area contributed by atoms with E-state index in [-0.39, 0.29) is 13.1 Å². The summed E-state index contributed by atoms with van der Waals surface area (Å²) in [7, 11) is -3.69. The van der Waals surface area contributed by atoms with Gasteiger partial charge in [0, 0.05) is 36.6 Å². The first-order chi connectivity index (χ1) is 11.8. The number of halogens is 2. The summed E-state index contributed by atoms with van der Waals surface area (Å²) in [5, 5.41) is 1.55. The van der Waals surface area contributed by atoms with Crippen LogP contribution in [0.25, 0.3) is 10.9 Å². The van der Waals surface area contributed by atoms with E-state index in [0.29, 0.717) is 26.6 Å². The molecule has 4 rings (SSSR count). The highest BCUT2D eigenvalue weighted by Crippen LogP contribution is 2.40. The fraction of sp³-hybridized carbons (Fsp3) is 0.188. The zero-order valence-corrected chi connectivity index (χ0v) is 15.5. The van der Waals surface area contributed by atoms with Crippen LogP contribution >= 0.6 is 23.2 Å². The smallest absolute Gasteiger partial charge is 0.302 e. The van der Waals surface area contributed by atoms with E-state index >= 15 is 0 Å². The van der Waals surface area contributed by atoms with Crippen LogP contribution in [-0.4, -0.2) is 22.7 Å². The van der Waals surface area contributed by atoms with Gasteiger partial charge in [0.05, 0.1) is 21.2 Å². The van der Waals surface area contributed by atoms with E-state index in [4.69, 9.17) is 23.2 Å². The van der Waals surface area contributed by atoms with Crippen molar-refractivity contribution in [2.45, 2.75) is 20.0 Å². The van der Waals surface area contributed by atoms with Crippen molar-refractivity contribution in [1.82, 2.24) is 14.3 Å². The minimum atomic E-state index is -3.69. The average molecular weight is 397 g/mol. The summed E-state index contributed by atoms with van der Waals surface area (Å²) >= 11 is 12.5. The van der Waals surface area contributed by atoms with E-state index in [2.05, 4.69) is 14.7 Å². The maximum Gasteiger partial charge on any atom is 0.302 e. The second-order valence-electron chi connectivity index (χ2n) is 5.96. The molecule has 1 aliphatic rings. The van der Waals surface area contributed by atoms with Crippen LogP contribution in [0.3, 0.4) is 0 Å². The van der Waals surface area contributed by atoms with Gasteiger partial charge in [0.2, 0.25) is 0 Å². The lowest BCUT2D eigenvalue weighted by molar-refractivity contribution is 0.400. The fourth-order valence-electron chi connectivity index (χ4n) is 2.93. The monoisotopic (exact) mass is 396 g/mol. The summed E-state index contributed by atoms with van der Waals surface area (Å²) in [6.07, 6.45) is 3.28.